The lowest BCUT2D eigenvalue weighted by Gasteiger charge is -2.29. The van der Waals surface area contributed by atoms with Crippen molar-refractivity contribution < 1.29 is 9.52 Å². The van der Waals surface area contributed by atoms with E-state index >= 15 is 0 Å². The normalized spacial score (nSPS) is 29.0. The molecule has 1 aliphatic rings. The lowest BCUT2D eigenvalue weighted by molar-refractivity contribution is 0.0568. The van der Waals surface area contributed by atoms with Gasteiger partial charge in [-0.3, -0.25) is 0 Å². The SMILES string of the molecule is CC1CCC(C(O)c2occc2Br)CC1. The minimum absolute atomic E-state index is 0.364. The van der Waals surface area contributed by atoms with Gasteiger partial charge in [-0.15, -0.1) is 0 Å². The summed E-state index contributed by atoms with van der Waals surface area (Å²) in [5.41, 5.74) is 0. The van der Waals surface area contributed by atoms with Gasteiger partial charge >= 0.3 is 0 Å². The van der Waals surface area contributed by atoms with Gasteiger partial charge in [0.25, 0.3) is 0 Å². The van der Waals surface area contributed by atoms with Crippen molar-refractivity contribution in [3.63, 3.8) is 0 Å². The molecule has 3 heteroatoms. The Morgan fingerprint density at radius 2 is 2.07 bits per heavy atom. The largest absolute Gasteiger partial charge is 0.465 e. The summed E-state index contributed by atoms with van der Waals surface area (Å²) in [6, 6.07) is 1.84. The van der Waals surface area contributed by atoms with Crippen molar-refractivity contribution in [1.29, 1.82) is 0 Å². The van der Waals surface area contributed by atoms with Gasteiger partial charge in [-0.1, -0.05) is 19.8 Å². The first kappa shape index (κ1) is 11.2. The van der Waals surface area contributed by atoms with Crippen LogP contribution in [0.1, 0.15) is 44.5 Å². The van der Waals surface area contributed by atoms with Gasteiger partial charge in [-0.25, -0.2) is 0 Å². The van der Waals surface area contributed by atoms with Gasteiger partial charge in [0.05, 0.1) is 10.7 Å². The van der Waals surface area contributed by atoms with Crippen molar-refractivity contribution in [2.45, 2.75) is 38.7 Å². The van der Waals surface area contributed by atoms with Crippen molar-refractivity contribution in [2.75, 3.05) is 0 Å². The Hall–Kier alpha value is -0.280. The molecule has 0 saturated heterocycles. The van der Waals surface area contributed by atoms with Gasteiger partial charge in [0.1, 0.15) is 11.9 Å². The Bertz CT molecular complexity index is 313. The number of hydrogen-bond acceptors (Lipinski definition) is 2. The summed E-state index contributed by atoms with van der Waals surface area (Å²) in [6.45, 7) is 2.28. The third kappa shape index (κ3) is 2.45. The minimum atomic E-state index is -0.443. The number of halogens is 1. The predicted molar refractivity (Wildman–Crippen MR) is 62.5 cm³/mol. The molecule has 0 aliphatic heterocycles. The fourth-order valence-corrected chi connectivity index (χ4v) is 2.77. The van der Waals surface area contributed by atoms with Gasteiger partial charge in [0.15, 0.2) is 0 Å². The summed E-state index contributed by atoms with van der Waals surface area (Å²) in [5, 5.41) is 10.2. The fraction of sp³-hybridized carbons (Fsp3) is 0.667. The first-order valence-electron chi connectivity index (χ1n) is 5.59. The zero-order chi connectivity index (χ0) is 10.8. The Labute approximate surface area is 98.8 Å². The van der Waals surface area contributed by atoms with Crippen molar-refractivity contribution >= 4 is 15.9 Å². The molecule has 1 aromatic rings. The monoisotopic (exact) mass is 272 g/mol. The van der Waals surface area contributed by atoms with E-state index in [0.717, 1.165) is 23.2 Å². The van der Waals surface area contributed by atoms with E-state index < -0.39 is 6.10 Å². The number of furan rings is 1. The Kier molecular flexibility index (Phi) is 3.52. The first-order valence-corrected chi connectivity index (χ1v) is 6.38. The Morgan fingerprint density at radius 1 is 1.40 bits per heavy atom. The van der Waals surface area contributed by atoms with Crippen LogP contribution in [0.3, 0.4) is 0 Å². The lowest BCUT2D eigenvalue weighted by atomic mass is 9.80. The van der Waals surface area contributed by atoms with Gasteiger partial charge in [0.2, 0.25) is 0 Å². The van der Waals surface area contributed by atoms with Crippen LogP contribution < -0.4 is 0 Å². The van der Waals surface area contributed by atoms with E-state index in [1.165, 1.54) is 12.8 Å². The average molecular weight is 273 g/mol. The van der Waals surface area contributed by atoms with Crippen molar-refractivity contribution in [3.8, 4) is 0 Å². The summed E-state index contributed by atoms with van der Waals surface area (Å²) < 4.78 is 6.19. The van der Waals surface area contributed by atoms with Crippen LogP contribution in [-0.4, -0.2) is 5.11 Å². The fourth-order valence-electron chi connectivity index (χ4n) is 2.33. The van der Waals surface area contributed by atoms with E-state index in [9.17, 15) is 5.11 Å². The number of rotatable bonds is 2. The molecule has 15 heavy (non-hydrogen) atoms. The molecule has 1 fully saturated rings. The summed E-state index contributed by atoms with van der Waals surface area (Å²) in [4.78, 5) is 0. The zero-order valence-corrected chi connectivity index (χ0v) is 10.5. The zero-order valence-electron chi connectivity index (χ0n) is 8.95. The molecule has 1 aliphatic carbocycles. The quantitative estimate of drug-likeness (QED) is 0.886. The Morgan fingerprint density at radius 3 is 2.60 bits per heavy atom. The van der Waals surface area contributed by atoms with Crippen LogP contribution in [0.5, 0.6) is 0 Å². The van der Waals surface area contributed by atoms with Crippen LogP contribution in [0.15, 0.2) is 21.2 Å². The molecule has 1 atom stereocenters. The topological polar surface area (TPSA) is 33.4 Å². The van der Waals surface area contributed by atoms with E-state index in [-0.39, 0.29) is 0 Å². The highest BCUT2D eigenvalue weighted by Crippen LogP contribution is 2.38. The van der Waals surface area contributed by atoms with Gasteiger partial charge in [-0.2, -0.15) is 0 Å². The highest BCUT2D eigenvalue weighted by molar-refractivity contribution is 9.10. The molecule has 84 valence electrons. The van der Waals surface area contributed by atoms with Gasteiger partial charge in [-0.05, 0) is 46.7 Å². The highest BCUT2D eigenvalue weighted by Gasteiger charge is 2.28. The average Bonchev–Trinajstić information content (AvgIpc) is 2.65. The minimum Gasteiger partial charge on any atom is -0.465 e. The van der Waals surface area contributed by atoms with E-state index in [1.807, 2.05) is 6.07 Å². The molecule has 0 aromatic carbocycles. The molecule has 0 bridgehead atoms. The molecule has 1 N–H and O–H groups in total. The second kappa shape index (κ2) is 4.71. The second-order valence-electron chi connectivity index (χ2n) is 4.60. The lowest BCUT2D eigenvalue weighted by Crippen LogP contribution is -2.19. The summed E-state index contributed by atoms with van der Waals surface area (Å²) in [7, 11) is 0. The van der Waals surface area contributed by atoms with E-state index in [0.29, 0.717) is 11.7 Å². The Balaban J connectivity index is 2.02. The van der Waals surface area contributed by atoms with Crippen LogP contribution in [0.2, 0.25) is 0 Å². The third-order valence-electron chi connectivity index (χ3n) is 3.42. The van der Waals surface area contributed by atoms with Crippen LogP contribution in [0.4, 0.5) is 0 Å². The van der Waals surface area contributed by atoms with E-state index in [2.05, 4.69) is 22.9 Å². The summed E-state index contributed by atoms with van der Waals surface area (Å²) in [5.74, 6) is 1.87. The van der Waals surface area contributed by atoms with Crippen LogP contribution in [0.25, 0.3) is 0 Å². The molecule has 1 aromatic heterocycles. The summed E-state index contributed by atoms with van der Waals surface area (Å²) in [6.07, 6.45) is 5.83. The van der Waals surface area contributed by atoms with Crippen molar-refractivity contribution in [3.05, 3.63) is 22.6 Å². The maximum atomic E-state index is 10.2. The summed E-state index contributed by atoms with van der Waals surface area (Å²) >= 11 is 3.39. The molecular weight excluding hydrogens is 256 g/mol. The van der Waals surface area contributed by atoms with E-state index in [4.69, 9.17) is 4.42 Å². The number of aliphatic hydroxyl groups excluding tert-OH is 1. The van der Waals surface area contributed by atoms with E-state index in [1.54, 1.807) is 6.26 Å². The van der Waals surface area contributed by atoms with Gasteiger partial charge in [0, 0.05) is 0 Å². The third-order valence-corrected chi connectivity index (χ3v) is 4.08. The van der Waals surface area contributed by atoms with Crippen molar-refractivity contribution in [2.24, 2.45) is 11.8 Å². The molecule has 1 saturated carbocycles. The predicted octanol–water partition coefficient (Wildman–Crippen LogP) is 3.90. The maximum Gasteiger partial charge on any atom is 0.146 e. The molecule has 0 amide bonds. The highest BCUT2D eigenvalue weighted by atomic mass is 79.9. The van der Waals surface area contributed by atoms with Gasteiger partial charge < -0.3 is 9.52 Å². The maximum absolute atomic E-state index is 10.2. The molecule has 1 heterocycles. The van der Waals surface area contributed by atoms with Crippen molar-refractivity contribution in [1.82, 2.24) is 0 Å². The smallest absolute Gasteiger partial charge is 0.146 e. The number of hydrogen-bond donors (Lipinski definition) is 1. The molecule has 1 unspecified atom stereocenters. The standard InChI is InChI=1S/C12H17BrO2/c1-8-2-4-9(5-3-8)11(14)12-10(13)6-7-15-12/h6-9,11,14H,2-5H2,1H3. The van der Waals surface area contributed by atoms with Crippen LogP contribution in [-0.2, 0) is 0 Å². The second-order valence-corrected chi connectivity index (χ2v) is 5.45. The molecular formula is C12H17BrO2. The van der Waals surface area contributed by atoms with Crippen LogP contribution in [0, 0.1) is 11.8 Å². The first-order chi connectivity index (χ1) is 7.18. The molecule has 0 spiro atoms. The molecule has 0 radical (unpaired) electrons. The number of aliphatic hydroxyl groups is 1. The van der Waals surface area contributed by atoms with Crippen LogP contribution >= 0.6 is 15.9 Å². The molecule has 2 nitrogen and oxygen atoms in total. The molecule has 2 rings (SSSR count).